The Hall–Kier alpha value is -0.920. The zero-order valence-corrected chi connectivity index (χ0v) is 5.19. The van der Waals surface area contributed by atoms with Gasteiger partial charge in [-0.25, -0.2) is 4.39 Å². The minimum absolute atomic E-state index is 0.289. The number of pyridine rings is 1. The predicted molar refractivity (Wildman–Crippen MR) is 33.4 cm³/mol. The highest BCUT2D eigenvalue weighted by molar-refractivity contribution is 5.17. The molecule has 1 nitrogen and oxygen atoms in total. The van der Waals surface area contributed by atoms with Gasteiger partial charge in [-0.2, -0.15) is 0 Å². The summed E-state index contributed by atoms with van der Waals surface area (Å²) in [5, 5.41) is 0. The van der Waals surface area contributed by atoms with Crippen LogP contribution in [0.15, 0.2) is 12.3 Å². The second-order valence-electron chi connectivity index (χ2n) is 1.91. The van der Waals surface area contributed by atoms with Crippen LogP contribution in [0.3, 0.4) is 0 Å². The van der Waals surface area contributed by atoms with Crippen LogP contribution >= 0.6 is 0 Å². The first kappa shape index (κ1) is 6.20. The van der Waals surface area contributed by atoms with Gasteiger partial charge in [0.05, 0.1) is 5.69 Å². The van der Waals surface area contributed by atoms with Crippen LogP contribution in [0, 0.1) is 19.7 Å². The summed E-state index contributed by atoms with van der Waals surface area (Å²) in [6.45, 7) is 5.14. The molecule has 0 bridgehead atoms. The molecular weight excluding hydrogens is 117 g/mol. The molecule has 1 heterocycles. The Labute approximate surface area is 53.5 Å². The van der Waals surface area contributed by atoms with Gasteiger partial charge in [-0.05, 0) is 25.5 Å². The van der Waals surface area contributed by atoms with Crippen LogP contribution in [0.1, 0.15) is 11.3 Å². The van der Waals surface area contributed by atoms with Crippen LogP contribution in [-0.2, 0) is 0 Å². The number of aromatic nitrogens is 1. The zero-order chi connectivity index (χ0) is 6.85. The quantitative estimate of drug-likeness (QED) is 0.513. The van der Waals surface area contributed by atoms with Gasteiger partial charge in [-0.1, -0.05) is 0 Å². The van der Waals surface area contributed by atoms with Crippen molar-refractivity contribution in [2.75, 3.05) is 0 Å². The van der Waals surface area contributed by atoms with E-state index in [4.69, 9.17) is 0 Å². The van der Waals surface area contributed by atoms with Gasteiger partial charge in [0.1, 0.15) is 5.82 Å². The molecule has 0 aliphatic carbocycles. The third kappa shape index (κ3) is 1.25. The molecule has 0 unspecified atom stereocenters. The third-order valence-electron chi connectivity index (χ3n) is 1.08. The van der Waals surface area contributed by atoms with E-state index in [9.17, 15) is 4.39 Å². The molecule has 0 spiro atoms. The van der Waals surface area contributed by atoms with E-state index in [0.717, 1.165) is 0 Å². The average Bonchev–Trinajstić information content (AvgIpc) is 1.80. The molecule has 0 saturated carbocycles. The van der Waals surface area contributed by atoms with Gasteiger partial charge < -0.3 is 0 Å². The molecule has 1 aromatic heterocycles. The van der Waals surface area contributed by atoms with Crippen molar-refractivity contribution in [2.45, 2.75) is 6.92 Å². The monoisotopic (exact) mass is 124 g/mol. The molecule has 0 aliphatic heterocycles. The van der Waals surface area contributed by atoms with E-state index in [2.05, 4.69) is 11.9 Å². The summed E-state index contributed by atoms with van der Waals surface area (Å²) in [6.07, 6.45) is 1.54. The largest absolute Gasteiger partial charge is 0.258 e. The number of hydrogen-bond donors (Lipinski definition) is 0. The molecule has 0 atom stereocenters. The van der Waals surface area contributed by atoms with Crippen molar-refractivity contribution in [1.29, 1.82) is 0 Å². The Morgan fingerprint density at radius 1 is 1.67 bits per heavy atom. The van der Waals surface area contributed by atoms with Crippen LogP contribution < -0.4 is 0 Å². The van der Waals surface area contributed by atoms with Crippen molar-refractivity contribution in [1.82, 2.24) is 4.98 Å². The lowest BCUT2D eigenvalue weighted by molar-refractivity contribution is 0.609. The molecule has 1 rings (SSSR count). The van der Waals surface area contributed by atoms with Crippen molar-refractivity contribution in [3.05, 3.63) is 36.3 Å². The van der Waals surface area contributed by atoms with Crippen molar-refractivity contribution < 1.29 is 4.39 Å². The van der Waals surface area contributed by atoms with E-state index < -0.39 is 0 Å². The number of halogens is 1. The number of aryl methyl sites for hydroxylation is 1. The summed E-state index contributed by atoms with van der Waals surface area (Å²) < 4.78 is 12.5. The second kappa shape index (κ2) is 2.13. The van der Waals surface area contributed by atoms with Crippen LogP contribution in [0.25, 0.3) is 0 Å². The number of hydrogen-bond acceptors (Lipinski definition) is 1. The first-order valence-corrected chi connectivity index (χ1v) is 2.64. The van der Waals surface area contributed by atoms with Crippen LogP contribution in [0.4, 0.5) is 4.39 Å². The summed E-state index contributed by atoms with van der Waals surface area (Å²) >= 11 is 0. The number of nitrogens with zero attached hydrogens (tertiary/aromatic N) is 1. The average molecular weight is 124 g/mol. The summed E-state index contributed by atoms with van der Waals surface area (Å²) in [7, 11) is 0. The van der Waals surface area contributed by atoms with E-state index in [1.54, 1.807) is 13.1 Å². The van der Waals surface area contributed by atoms with Gasteiger partial charge in [-0.15, -0.1) is 0 Å². The van der Waals surface area contributed by atoms with E-state index in [1.807, 2.05) is 0 Å². The molecular formula is C7H7FN. The van der Waals surface area contributed by atoms with E-state index >= 15 is 0 Å². The Balaban J connectivity index is 3.17. The molecule has 0 fully saturated rings. The van der Waals surface area contributed by atoms with E-state index in [0.29, 0.717) is 11.3 Å². The smallest absolute Gasteiger partial charge is 0.144 e. The molecule has 2 heteroatoms. The standard InChI is InChI=1S/C7H7FN/c1-5-3-7(8)6(2)9-4-5/h3-4H,1H2,2H3. The highest BCUT2D eigenvalue weighted by Crippen LogP contribution is 2.03. The molecule has 0 aromatic carbocycles. The molecule has 1 radical (unpaired) electrons. The fraction of sp³-hybridized carbons (Fsp3) is 0.143. The lowest BCUT2D eigenvalue weighted by Gasteiger charge is -1.93. The maximum atomic E-state index is 12.5. The van der Waals surface area contributed by atoms with Crippen molar-refractivity contribution in [3.63, 3.8) is 0 Å². The Morgan fingerprint density at radius 3 is 2.78 bits per heavy atom. The maximum absolute atomic E-state index is 12.5. The molecule has 1 aromatic rings. The zero-order valence-electron chi connectivity index (χ0n) is 5.19. The van der Waals surface area contributed by atoms with Crippen molar-refractivity contribution in [3.8, 4) is 0 Å². The van der Waals surface area contributed by atoms with E-state index in [1.165, 1.54) is 6.07 Å². The third-order valence-corrected chi connectivity index (χ3v) is 1.08. The van der Waals surface area contributed by atoms with Gasteiger partial charge in [0.25, 0.3) is 0 Å². The highest BCUT2D eigenvalue weighted by atomic mass is 19.1. The Bertz CT molecular complexity index is 220. The molecule has 0 amide bonds. The summed E-state index contributed by atoms with van der Waals surface area (Å²) in [4.78, 5) is 3.74. The number of rotatable bonds is 0. The van der Waals surface area contributed by atoms with Crippen LogP contribution in [0.5, 0.6) is 0 Å². The molecule has 0 aliphatic rings. The Kier molecular flexibility index (Phi) is 1.47. The molecule has 9 heavy (non-hydrogen) atoms. The van der Waals surface area contributed by atoms with Crippen molar-refractivity contribution >= 4 is 0 Å². The minimum Gasteiger partial charge on any atom is -0.258 e. The topological polar surface area (TPSA) is 12.9 Å². The lowest BCUT2D eigenvalue weighted by atomic mass is 10.3. The fourth-order valence-electron chi connectivity index (χ4n) is 0.546. The van der Waals surface area contributed by atoms with Gasteiger partial charge in [0.15, 0.2) is 0 Å². The highest BCUT2D eigenvalue weighted by Gasteiger charge is 1.95. The Morgan fingerprint density at radius 2 is 2.33 bits per heavy atom. The first-order valence-electron chi connectivity index (χ1n) is 2.64. The van der Waals surface area contributed by atoms with Crippen molar-refractivity contribution in [2.24, 2.45) is 0 Å². The minimum atomic E-state index is -0.289. The predicted octanol–water partition coefficient (Wildman–Crippen LogP) is 1.71. The van der Waals surface area contributed by atoms with Gasteiger partial charge >= 0.3 is 0 Å². The fourth-order valence-corrected chi connectivity index (χ4v) is 0.546. The SMILES string of the molecule is [CH2]c1cnc(C)c(F)c1. The summed E-state index contributed by atoms with van der Waals surface area (Å²) in [6, 6.07) is 1.36. The van der Waals surface area contributed by atoms with Gasteiger partial charge in [0.2, 0.25) is 0 Å². The summed E-state index contributed by atoms with van der Waals surface area (Å²) in [5.74, 6) is -0.289. The normalized spacial score (nSPS) is 9.67. The maximum Gasteiger partial charge on any atom is 0.144 e. The van der Waals surface area contributed by atoms with Gasteiger partial charge in [0, 0.05) is 6.20 Å². The van der Waals surface area contributed by atoms with Crippen LogP contribution in [0.2, 0.25) is 0 Å². The second-order valence-corrected chi connectivity index (χ2v) is 1.91. The summed E-state index contributed by atoms with van der Waals surface area (Å²) in [5.41, 5.74) is 1.03. The molecule has 0 N–H and O–H groups in total. The first-order chi connectivity index (χ1) is 4.20. The molecule has 0 saturated heterocycles. The lowest BCUT2D eigenvalue weighted by Crippen LogP contribution is -1.87. The van der Waals surface area contributed by atoms with Gasteiger partial charge in [-0.3, -0.25) is 4.98 Å². The molecule has 47 valence electrons. The van der Waals surface area contributed by atoms with Crippen LogP contribution in [-0.4, -0.2) is 4.98 Å². The van der Waals surface area contributed by atoms with E-state index in [-0.39, 0.29) is 5.82 Å².